The minimum atomic E-state index is -0.824. The lowest BCUT2D eigenvalue weighted by Gasteiger charge is -2.55. The van der Waals surface area contributed by atoms with E-state index in [1.807, 2.05) is 81.4 Å². The highest BCUT2D eigenvalue weighted by Crippen LogP contribution is 2.54. The van der Waals surface area contributed by atoms with Gasteiger partial charge in [0, 0.05) is 24.6 Å². The Morgan fingerprint density at radius 2 is 1.77 bits per heavy atom. The van der Waals surface area contributed by atoms with Gasteiger partial charge in [-0.25, -0.2) is 0 Å². The largest absolute Gasteiger partial charge is 0.492 e. The van der Waals surface area contributed by atoms with Crippen LogP contribution >= 0.6 is 0 Å². The van der Waals surface area contributed by atoms with Crippen LogP contribution in [0.15, 0.2) is 71.3 Å². The van der Waals surface area contributed by atoms with E-state index in [4.69, 9.17) is 14.9 Å². The molecule has 0 saturated heterocycles. The van der Waals surface area contributed by atoms with Gasteiger partial charge in [-0.15, -0.1) is 0 Å². The van der Waals surface area contributed by atoms with Crippen LogP contribution in [0.3, 0.4) is 0 Å². The highest BCUT2D eigenvalue weighted by Gasteiger charge is 2.57. The summed E-state index contributed by atoms with van der Waals surface area (Å²) >= 11 is 0. The van der Waals surface area contributed by atoms with Crippen LogP contribution in [0.2, 0.25) is 0 Å². The smallest absolute Gasteiger partial charge is 0.224 e. The van der Waals surface area contributed by atoms with Gasteiger partial charge in [0.2, 0.25) is 11.8 Å². The van der Waals surface area contributed by atoms with Crippen molar-refractivity contribution in [3.05, 3.63) is 83.8 Å². The fourth-order valence-corrected chi connectivity index (χ4v) is 5.70. The van der Waals surface area contributed by atoms with Crippen molar-refractivity contribution in [2.45, 2.75) is 45.2 Å². The Hall–Kier alpha value is -3.58. The van der Waals surface area contributed by atoms with Crippen LogP contribution in [-0.2, 0) is 21.5 Å². The lowest BCUT2D eigenvalue weighted by molar-refractivity contribution is -0.127. The van der Waals surface area contributed by atoms with E-state index in [0.717, 1.165) is 28.3 Å². The number of para-hydroxylation sites is 1. The van der Waals surface area contributed by atoms with Gasteiger partial charge in [0.05, 0.1) is 24.3 Å². The van der Waals surface area contributed by atoms with Crippen molar-refractivity contribution >= 4 is 17.5 Å². The van der Waals surface area contributed by atoms with E-state index < -0.39 is 22.8 Å². The second kappa shape index (κ2) is 9.58. The van der Waals surface area contributed by atoms with Crippen LogP contribution in [-0.4, -0.2) is 30.5 Å². The third kappa shape index (κ3) is 4.44. The number of benzene rings is 2. The van der Waals surface area contributed by atoms with Crippen LogP contribution in [0.4, 0.5) is 5.69 Å². The average Bonchev–Trinajstić information content (AvgIpc) is 3.32. The van der Waals surface area contributed by atoms with Crippen LogP contribution in [0.5, 0.6) is 5.75 Å². The predicted molar refractivity (Wildman–Crippen MR) is 135 cm³/mol. The molecule has 7 heteroatoms. The van der Waals surface area contributed by atoms with Gasteiger partial charge in [0.25, 0.3) is 0 Å². The first kappa shape index (κ1) is 24.5. The topological polar surface area (TPSA) is 97.8 Å². The summed E-state index contributed by atoms with van der Waals surface area (Å²) in [4.78, 5) is 27.3. The molecule has 0 spiro atoms. The Morgan fingerprint density at radius 1 is 1.06 bits per heavy atom. The number of nitrogens with zero attached hydrogens (tertiary/aromatic N) is 1. The summed E-state index contributed by atoms with van der Waals surface area (Å²) in [5, 5.41) is 3.28. The van der Waals surface area contributed by atoms with Crippen LogP contribution < -0.4 is 20.7 Å². The molecule has 0 saturated carbocycles. The van der Waals surface area contributed by atoms with Gasteiger partial charge < -0.3 is 25.1 Å². The number of ether oxygens (including phenoxy) is 1. The Kier molecular flexibility index (Phi) is 6.72. The molecule has 2 aromatic carbocycles. The van der Waals surface area contributed by atoms with E-state index in [1.54, 1.807) is 11.2 Å². The summed E-state index contributed by atoms with van der Waals surface area (Å²) in [7, 11) is 0. The van der Waals surface area contributed by atoms with Crippen LogP contribution in [0.1, 0.15) is 44.6 Å². The fraction of sp³-hybridized carbons (Fsp3) is 0.357. The Morgan fingerprint density at radius 3 is 2.40 bits per heavy atom. The van der Waals surface area contributed by atoms with E-state index in [-0.39, 0.29) is 5.91 Å². The summed E-state index contributed by atoms with van der Waals surface area (Å²) in [6.07, 6.45) is 1.65. The summed E-state index contributed by atoms with van der Waals surface area (Å²) in [6.45, 7) is 9.20. The van der Waals surface area contributed by atoms with Gasteiger partial charge in [-0.1, -0.05) is 37.3 Å². The first-order chi connectivity index (χ1) is 16.7. The molecule has 1 aliphatic heterocycles. The molecule has 3 N–H and O–H groups in total. The Labute approximate surface area is 206 Å². The normalized spacial score (nSPS) is 20.8. The van der Waals surface area contributed by atoms with Gasteiger partial charge in [0.1, 0.15) is 18.1 Å². The van der Waals surface area contributed by atoms with Crippen molar-refractivity contribution in [3.63, 3.8) is 0 Å². The average molecular weight is 476 g/mol. The molecule has 1 aliphatic rings. The molecule has 2 amide bonds. The van der Waals surface area contributed by atoms with Crippen molar-refractivity contribution in [3.8, 4) is 5.75 Å². The van der Waals surface area contributed by atoms with Gasteiger partial charge in [-0.05, 0) is 55.3 Å². The number of furan rings is 1. The zero-order valence-electron chi connectivity index (χ0n) is 20.7. The molecule has 2 unspecified atom stereocenters. The number of nitrogens with two attached hydrogens (primary N) is 1. The number of hydrogen-bond donors (Lipinski definition) is 2. The van der Waals surface area contributed by atoms with Crippen molar-refractivity contribution in [2.75, 3.05) is 18.1 Å². The monoisotopic (exact) mass is 475 g/mol. The first-order valence-electron chi connectivity index (χ1n) is 11.8. The highest BCUT2D eigenvalue weighted by atomic mass is 16.5. The second-order valence-electron chi connectivity index (χ2n) is 9.69. The van der Waals surface area contributed by atoms with Crippen molar-refractivity contribution in [1.29, 1.82) is 0 Å². The molecule has 2 heterocycles. The number of carbonyl (C=O) groups is 2. The number of anilines is 1. The van der Waals surface area contributed by atoms with Gasteiger partial charge in [-0.3, -0.25) is 9.59 Å². The zero-order chi connectivity index (χ0) is 25.2. The molecule has 0 aliphatic carbocycles. The molecule has 0 bridgehead atoms. The van der Waals surface area contributed by atoms with E-state index in [9.17, 15) is 9.59 Å². The van der Waals surface area contributed by atoms with Gasteiger partial charge in [0.15, 0.2) is 0 Å². The van der Waals surface area contributed by atoms with E-state index in [1.165, 1.54) is 6.92 Å². The molecule has 3 aromatic rings. The van der Waals surface area contributed by atoms with E-state index in [2.05, 4.69) is 5.32 Å². The highest BCUT2D eigenvalue weighted by molar-refractivity contribution is 5.98. The van der Waals surface area contributed by atoms with E-state index in [0.29, 0.717) is 19.7 Å². The summed E-state index contributed by atoms with van der Waals surface area (Å²) in [6, 6.07) is 19.3. The predicted octanol–water partition coefficient (Wildman–Crippen LogP) is 4.00. The lowest BCUT2D eigenvalue weighted by atomic mass is 9.57. The van der Waals surface area contributed by atoms with Crippen molar-refractivity contribution in [1.82, 2.24) is 5.32 Å². The SMILES string of the molecule is CC(=O)N1c2ccccc2C(C)(c2ccc(OCCNCc3ccco3)cc2)C(C(N)=O)C1(C)C. The number of amides is 2. The fourth-order valence-electron chi connectivity index (χ4n) is 5.70. The maximum atomic E-state index is 12.9. The molecule has 184 valence electrons. The van der Waals surface area contributed by atoms with Crippen LogP contribution in [0.25, 0.3) is 0 Å². The van der Waals surface area contributed by atoms with Crippen LogP contribution in [0, 0.1) is 5.92 Å². The Balaban J connectivity index is 1.59. The second-order valence-corrected chi connectivity index (χ2v) is 9.69. The number of hydrogen-bond acceptors (Lipinski definition) is 5. The third-order valence-corrected chi connectivity index (χ3v) is 7.04. The zero-order valence-corrected chi connectivity index (χ0v) is 20.7. The number of fused-ring (bicyclic) bond motifs is 1. The van der Waals surface area contributed by atoms with Crippen molar-refractivity contribution < 1.29 is 18.7 Å². The molecular weight excluding hydrogens is 442 g/mol. The molecule has 7 nitrogen and oxygen atoms in total. The minimum absolute atomic E-state index is 0.125. The molecule has 1 aromatic heterocycles. The maximum absolute atomic E-state index is 12.9. The minimum Gasteiger partial charge on any atom is -0.492 e. The first-order valence-corrected chi connectivity index (χ1v) is 11.8. The molecule has 35 heavy (non-hydrogen) atoms. The summed E-state index contributed by atoms with van der Waals surface area (Å²) in [5.41, 5.74) is 7.09. The molecular formula is C28H33N3O4. The third-order valence-electron chi connectivity index (χ3n) is 7.04. The molecule has 2 atom stereocenters. The molecule has 0 radical (unpaired) electrons. The van der Waals surface area contributed by atoms with Crippen molar-refractivity contribution in [2.24, 2.45) is 11.7 Å². The number of carbonyl (C=O) groups excluding carboxylic acids is 2. The van der Waals surface area contributed by atoms with Gasteiger partial charge >= 0.3 is 0 Å². The lowest BCUT2D eigenvalue weighted by Crippen LogP contribution is -2.65. The molecule has 0 fully saturated rings. The molecule has 4 rings (SSSR count). The standard InChI is InChI=1S/C28H33N3O4/c1-19(32)31-24-10-6-5-9-23(24)28(4,25(26(29)33)27(31,2)3)20-11-13-21(14-12-20)35-17-15-30-18-22-8-7-16-34-22/h5-14,16,25,30H,15,17-18H2,1-4H3,(H2,29,33). The number of primary amides is 1. The summed E-state index contributed by atoms with van der Waals surface area (Å²) in [5.74, 6) is 0.403. The van der Waals surface area contributed by atoms with E-state index >= 15 is 0 Å². The maximum Gasteiger partial charge on any atom is 0.224 e. The number of nitrogens with one attached hydrogen (secondary N) is 1. The summed E-state index contributed by atoms with van der Waals surface area (Å²) < 4.78 is 11.2. The quantitative estimate of drug-likeness (QED) is 0.480. The van der Waals surface area contributed by atoms with Gasteiger partial charge in [-0.2, -0.15) is 0 Å². The Bertz CT molecular complexity index is 1190. The number of rotatable bonds is 8.